The Kier molecular flexibility index (Phi) is 3.45. The summed E-state index contributed by atoms with van der Waals surface area (Å²) in [6.07, 6.45) is 7.07. The maximum absolute atomic E-state index is 10.5. The third-order valence-electron chi connectivity index (χ3n) is 4.13. The van der Waals surface area contributed by atoms with Crippen molar-refractivity contribution in [3.63, 3.8) is 0 Å². The molecule has 1 aromatic heterocycles. The third kappa shape index (κ3) is 2.46. The van der Waals surface area contributed by atoms with Gasteiger partial charge in [0.05, 0.1) is 5.52 Å². The number of pyridine rings is 1. The van der Waals surface area contributed by atoms with E-state index in [2.05, 4.69) is 34.6 Å². The summed E-state index contributed by atoms with van der Waals surface area (Å²) in [5.41, 5.74) is 2.50. The van der Waals surface area contributed by atoms with Gasteiger partial charge in [0.2, 0.25) is 6.41 Å². The van der Waals surface area contributed by atoms with Crippen LogP contribution in [0.4, 0.5) is 0 Å². The third-order valence-corrected chi connectivity index (χ3v) is 4.13. The van der Waals surface area contributed by atoms with Crippen molar-refractivity contribution in [1.82, 2.24) is 10.3 Å². The Balaban J connectivity index is 1.84. The van der Waals surface area contributed by atoms with Gasteiger partial charge in [0.15, 0.2) is 0 Å². The number of amides is 1. The number of nitrogens with zero attached hydrogens (tertiary/aromatic N) is 1. The number of fused-ring (bicyclic) bond motifs is 1. The van der Waals surface area contributed by atoms with Gasteiger partial charge in [0.1, 0.15) is 0 Å². The van der Waals surface area contributed by atoms with Gasteiger partial charge in [-0.3, -0.25) is 9.78 Å². The highest BCUT2D eigenvalue weighted by Gasteiger charge is 2.23. The minimum atomic E-state index is 0.358. The van der Waals surface area contributed by atoms with Crippen LogP contribution in [0.25, 0.3) is 10.9 Å². The molecule has 98 valence electrons. The SMILES string of the molecule is O=CNC1CCC(c2cccc3cccnc23)CC1. The topological polar surface area (TPSA) is 42.0 Å². The molecule has 0 aliphatic heterocycles. The van der Waals surface area contributed by atoms with E-state index in [1.54, 1.807) is 0 Å². The van der Waals surface area contributed by atoms with Crippen LogP contribution in [0.15, 0.2) is 36.5 Å². The molecule has 1 aliphatic rings. The fourth-order valence-electron chi connectivity index (χ4n) is 3.12. The quantitative estimate of drug-likeness (QED) is 0.855. The molecule has 0 atom stereocenters. The second-order valence-electron chi connectivity index (χ2n) is 5.26. The Morgan fingerprint density at radius 3 is 2.68 bits per heavy atom. The Hall–Kier alpha value is -1.90. The van der Waals surface area contributed by atoms with E-state index in [1.807, 2.05) is 12.3 Å². The fourth-order valence-corrected chi connectivity index (χ4v) is 3.12. The molecular formula is C16H18N2O. The Labute approximate surface area is 113 Å². The monoisotopic (exact) mass is 254 g/mol. The predicted octanol–water partition coefficient (Wildman–Crippen LogP) is 3.01. The molecule has 0 unspecified atom stereocenters. The van der Waals surface area contributed by atoms with Crippen molar-refractivity contribution >= 4 is 17.3 Å². The van der Waals surface area contributed by atoms with E-state index in [0.29, 0.717) is 12.0 Å². The number of carbonyl (C=O) groups excluding carboxylic acids is 1. The standard InChI is InChI=1S/C16H18N2O/c19-11-18-14-8-6-12(7-9-14)15-5-1-3-13-4-2-10-17-16(13)15/h1-5,10-12,14H,6-9H2,(H,18,19). The van der Waals surface area contributed by atoms with Crippen LogP contribution in [0.3, 0.4) is 0 Å². The first-order valence-electron chi connectivity index (χ1n) is 6.92. The molecule has 0 bridgehead atoms. The summed E-state index contributed by atoms with van der Waals surface area (Å²) in [5.74, 6) is 0.573. The summed E-state index contributed by atoms with van der Waals surface area (Å²) in [6.45, 7) is 0. The summed E-state index contributed by atoms with van der Waals surface area (Å²) >= 11 is 0. The van der Waals surface area contributed by atoms with Gasteiger partial charge in [-0.2, -0.15) is 0 Å². The lowest BCUT2D eigenvalue weighted by Gasteiger charge is -2.28. The first kappa shape index (κ1) is 12.2. The molecule has 1 fully saturated rings. The molecule has 1 aromatic carbocycles. The molecule has 1 N–H and O–H groups in total. The maximum atomic E-state index is 10.5. The number of carbonyl (C=O) groups is 1. The predicted molar refractivity (Wildman–Crippen MR) is 75.9 cm³/mol. The van der Waals surface area contributed by atoms with Crippen molar-refractivity contribution in [2.45, 2.75) is 37.6 Å². The van der Waals surface area contributed by atoms with Crippen LogP contribution >= 0.6 is 0 Å². The van der Waals surface area contributed by atoms with E-state index in [4.69, 9.17) is 0 Å². The number of hydrogen-bond acceptors (Lipinski definition) is 2. The minimum Gasteiger partial charge on any atom is -0.356 e. The zero-order chi connectivity index (χ0) is 13.1. The van der Waals surface area contributed by atoms with Crippen LogP contribution in [-0.4, -0.2) is 17.4 Å². The Morgan fingerprint density at radius 2 is 1.89 bits per heavy atom. The van der Waals surface area contributed by atoms with E-state index in [1.165, 1.54) is 10.9 Å². The lowest BCUT2D eigenvalue weighted by Crippen LogP contribution is -2.31. The van der Waals surface area contributed by atoms with E-state index >= 15 is 0 Å². The lowest BCUT2D eigenvalue weighted by molar-refractivity contribution is -0.110. The van der Waals surface area contributed by atoms with Crippen molar-refractivity contribution in [1.29, 1.82) is 0 Å². The van der Waals surface area contributed by atoms with Gasteiger partial charge < -0.3 is 5.32 Å². The van der Waals surface area contributed by atoms with Crippen molar-refractivity contribution < 1.29 is 4.79 Å². The zero-order valence-electron chi connectivity index (χ0n) is 10.9. The molecule has 1 saturated carbocycles. The number of hydrogen-bond donors (Lipinski definition) is 1. The summed E-state index contributed by atoms with van der Waals surface area (Å²) in [4.78, 5) is 15.0. The molecular weight excluding hydrogens is 236 g/mol. The number of aromatic nitrogens is 1. The molecule has 1 aliphatic carbocycles. The highest BCUT2D eigenvalue weighted by Crippen LogP contribution is 2.35. The highest BCUT2D eigenvalue weighted by molar-refractivity contribution is 5.82. The van der Waals surface area contributed by atoms with Gasteiger partial charge in [-0.15, -0.1) is 0 Å². The summed E-state index contributed by atoms with van der Waals surface area (Å²) in [6, 6.07) is 10.9. The molecule has 3 heteroatoms. The summed E-state index contributed by atoms with van der Waals surface area (Å²) in [7, 11) is 0. The number of nitrogens with one attached hydrogen (secondary N) is 1. The van der Waals surface area contributed by atoms with Gasteiger partial charge in [-0.05, 0) is 43.2 Å². The van der Waals surface area contributed by atoms with E-state index < -0.39 is 0 Å². The van der Waals surface area contributed by atoms with Gasteiger partial charge in [0, 0.05) is 17.6 Å². The Morgan fingerprint density at radius 1 is 1.11 bits per heavy atom. The number of rotatable bonds is 3. The number of para-hydroxylation sites is 1. The Bertz CT molecular complexity index is 568. The van der Waals surface area contributed by atoms with E-state index in [-0.39, 0.29) is 0 Å². The summed E-state index contributed by atoms with van der Waals surface area (Å²) < 4.78 is 0. The van der Waals surface area contributed by atoms with Gasteiger partial charge in [-0.25, -0.2) is 0 Å². The molecule has 1 amide bonds. The molecule has 19 heavy (non-hydrogen) atoms. The average Bonchev–Trinajstić information content (AvgIpc) is 2.48. The maximum Gasteiger partial charge on any atom is 0.207 e. The van der Waals surface area contributed by atoms with Crippen LogP contribution in [0.2, 0.25) is 0 Å². The number of benzene rings is 1. The molecule has 0 saturated heterocycles. The normalized spacial score (nSPS) is 23.2. The highest BCUT2D eigenvalue weighted by atomic mass is 16.1. The van der Waals surface area contributed by atoms with Crippen LogP contribution in [0.1, 0.15) is 37.2 Å². The smallest absolute Gasteiger partial charge is 0.207 e. The van der Waals surface area contributed by atoms with Crippen molar-refractivity contribution in [3.8, 4) is 0 Å². The molecule has 3 nitrogen and oxygen atoms in total. The van der Waals surface area contributed by atoms with Crippen LogP contribution < -0.4 is 5.32 Å². The van der Waals surface area contributed by atoms with Crippen LogP contribution in [0, 0.1) is 0 Å². The largest absolute Gasteiger partial charge is 0.356 e. The lowest BCUT2D eigenvalue weighted by atomic mass is 9.81. The van der Waals surface area contributed by atoms with Gasteiger partial charge in [-0.1, -0.05) is 24.3 Å². The van der Waals surface area contributed by atoms with E-state index in [0.717, 1.165) is 37.6 Å². The van der Waals surface area contributed by atoms with Gasteiger partial charge in [0.25, 0.3) is 0 Å². The van der Waals surface area contributed by atoms with Crippen LogP contribution in [-0.2, 0) is 4.79 Å². The molecule has 0 radical (unpaired) electrons. The molecule has 3 rings (SSSR count). The van der Waals surface area contributed by atoms with E-state index in [9.17, 15) is 4.79 Å². The van der Waals surface area contributed by atoms with Crippen LogP contribution in [0.5, 0.6) is 0 Å². The van der Waals surface area contributed by atoms with Gasteiger partial charge >= 0.3 is 0 Å². The molecule has 2 aromatic rings. The second kappa shape index (κ2) is 5.39. The van der Waals surface area contributed by atoms with Crippen molar-refractivity contribution in [2.24, 2.45) is 0 Å². The second-order valence-corrected chi connectivity index (χ2v) is 5.26. The molecule has 1 heterocycles. The fraction of sp³-hybridized carbons (Fsp3) is 0.375. The zero-order valence-corrected chi connectivity index (χ0v) is 10.9. The minimum absolute atomic E-state index is 0.358. The average molecular weight is 254 g/mol. The first-order valence-corrected chi connectivity index (χ1v) is 6.92. The first-order chi connectivity index (χ1) is 9.38. The molecule has 0 spiro atoms. The summed E-state index contributed by atoms with van der Waals surface area (Å²) in [5, 5.41) is 4.11. The van der Waals surface area contributed by atoms with Crippen molar-refractivity contribution in [2.75, 3.05) is 0 Å². The van der Waals surface area contributed by atoms with Crippen molar-refractivity contribution in [3.05, 3.63) is 42.1 Å².